The van der Waals surface area contributed by atoms with Crippen LogP contribution in [0.15, 0.2) is 61.3 Å². The first-order chi connectivity index (χ1) is 12.9. The summed E-state index contributed by atoms with van der Waals surface area (Å²) in [6, 6.07) is 10.0. The van der Waals surface area contributed by atoms with Gasteiger partial charge in [-0.3, -0.25) is 9.52 Å². The Morgan fingerprint density at radius 1 is 1.19 bits per heavy atom. The highest BCUT2D eigenvalue weighted by molar-refractivity contribution is 7.92. The van der Waals surface area contributed by atoms with Crippen LogP contribution in [-0.2, 0) is 14.8 Å². The van der Waals surface area contributed by atoms with Crippen molar-refractivity contribution < 1.29 is 13.2 Å². The highest BCUT2D eigenvalue weighted by Crippen LogP contribution is 2.16. The number of hydrogen-bond donors (Lipinski definition) is 2. The van der Waals surface area contributed by atoms with Crippen molar-refractivity contribution in [3.05, 3.63) is 66.9 Å². The molecule has 0 bridgehead atoms. The number of pyridine rings is 1. The van der Waals surface area contributed by atoms with E-state index >= 15 is 0 Å². The molecule has 0 aliphatic heterocycles. The van der Waals surface area contributed by atoms with Crippen LogP contribution in [-0.4, -0.2) is 40.3 Å². The maximum atomic E-state index is 12.2. The zero-order valence-corrected chi connectivity index (χ0v) is 15.1. The summed E-state index contributed by atoms with van der Waals surface area (Å²) in [5.41, 5.74) is 1.68. The van der Waals surface area contributed by atoms with Gasteiger partial charge in [0.15, 0.2) is 5.82 Å². The van der Waals surface area contributed by atoms with Gasteiger partial charge in [-0.25, -0.2) is 23.1 Å². The molecular formula is C17H16N6O3S. The number of carbonyl (C=O) groups excluding carboxylic acids is 1. The van der Waals surface area contributed by atoms with E-state index in [-0.39, 0.29) is 5.91 Å². The smallest absolute Gasteiger partial charge is 0.248 e. The van der Waals surface area contributed by atoms with Gasteiger partial charge in [0.2, 0.25) is 15.9 Å². The minimum absolute atomic E-state index is 0.345. The van der Waals surface area contributed by atoms with E-state index in [0.29, 0.717) is 17.2 Å². The monoisotopic (exact) mass is 384 g/mol. The van der Waals surface area contributed by atoms with Crippen molar-refractivity contribution in [2.45, 2.75) is 0 Å². The standard InChI is InChI=1S/C17H16N6O3S/c1-27(25,26)22-14-7-4-13(5-8-14)6-9-16(24)21-15-3-2-10-19-17(15)23-12-18-11-20-23/h2-12,22H,1H3,(H,21,24)/b9-6+. The van der Waals surface area contributed by atoms with Gasteiger partial charge in [-0.2, -0.15) is 5.10 Å². The molecule has 0 radical (unpaired) electrons. The molecule has 0 spiro atoms. The Labute approximate surface area is 155 Å². The number of nitrogens with zero attached hydrogens (tertiary/aromatic N) is 4. The van der Waals surface area contributed by atoms with Crippen molar-refractivity contribution in [2.75, 3.05) is 16.3 Å². The Bertz CT molecular complexity index is 1060. The van der Waals surface area contributed by atoms with Crippen LogP contribution in [0, 0.1) is 0 Å². The van der Waals surface area contributed by atoms with E-state index in [9.17, 15) is 13.2 Å². The van der Waals surface area contributed by atoms with Crippen LogP contribution >= 0.6 is 0 Å². The molecule has 9 nitrogen and oxygen atoms in total. The van der Waals surface area contributed by atoms with Gasteiger partial charge in [0.05, 0.1) is 11.9 Å². The van der Waals surface area contributed by atoms with Crippen LogP contribution < -0.4 is 10.0 Å². The molecule has 1 aromatic carbocycles. The third kappa shape index (κ3) is 5.22. The Hall–Kier alpha value is -3.53. The van der Waals surface area contributed by atoms with Crippen LogP contribution in [0.2, 0.25) is 0 Å². The molecule has 0 unspecified atom stereocenters. The second-order valence-corrected chi connectivity index (χ2v) is 7.28. The van der Waals surface area contributed by atoms with Crippen molar-refractivity contribution in [3.8, 4) is 5.82 Å². The SMILES string of the molecule is CS(=O)(=O)Nc1ccc(/C=C/C(=O)Nc2cccnc2-n2cncn2)cc1. The molecule has 0 atom stereocenters. The molecule has 10 heteroatoms. The molecule has 0 fully saturated rings. The summed E-state index contributed by atoms with van der Waals surface area (Å²) in [5.74, 6) is 0.107. The third-order valence-corrected chi connectivity index (χ3v) is 3.93. The third-order valence-electron chi connectivity index (χ3n) is 3.32. The molecular weight excluding hydrogens is 368 g/mol. The van der Waals surface area contributed by atoms with Gasteiger partial charge in [-0.15, -0.1) is 0 Å². The number of hydrogen-bond acceptors (Lipinski definition) is 6. The fourth-order valence-corrected chi connectivity index (χ4v) is 2.78. The number of aromatic nitrogens is 4. The predicted octanol–water partition coefficient (Wildman–Crippen LogP) is 1.69. The summed E-state index contributed by atoms with van der Waals surface area (Å²) in [6.07, 6.45) is 8.52. The molecule has 3 aromatic rings. The predicted molar refractivity (Wildman–Crippen MR) is 102 cm³/mol. The summed E-state index contributed by atoms with van der Waals surface area (Å²) in [6.45, 7) is 0. The molecule has 2 heterocycles. The van der Waals surface area contributed by atoms with E-state index in [4.69, 9.17) is 0 Å². The zero-order valence-electron chi connectivity index (χ0n) is 14.3. The van der Waals surface area contributed by atoms with Crippen molar-refractivity contribution >= 4 is 33.4 Å². The lowest BCUT2D eigenvalue weighted by atomic mass is 10.2. The van der Waals surface area contributed by atoms with Gasteiger partial charge >= 0.3 is 0 Å². The van der Waals surface area contributed by atoms with Crippen LogP contribution in [0.25, 0.3) is 11.9 Å². The highest BCUT2D eigenvalue weighted by atomic mass is 32.2. The highest BCUT2D eigenvalue weighted by Gasteiger charge is 2.08. The van der Waals surface area contributed by atoms with E-state index in [1.54, 1.807) is 48.7 Å². The summed E-state index contributed by atoms with van der Waals surface area (Å²) in [7, 11) is -3.32. The maximum absolute atomic E-state index is 12.2. The summed E-state index contributed by atoms with van der Waals surface area (Å²) in [5, 5.41) is 6.75. The number of anilines is 2. The van der Waals surface area contributed by atoms with Crippen molar-refractivity contribution in [1.29, 1.82) is 0 Å². The Morgan fingerprint density at radius 3 is 2.63 bits per heavy atom. The van der Waals surface area contributed by atoms with E-state index in [1.807, 2.05) is 0 Å². The maximum Gasteiger partial charge on any atom is 0.248 e. The van der Waals surface area contributed by atoms with Crippen LogP contribution in [0.1, 0.15) is 5.56 Å². The van der Waals surface area contributed by atoms with Crippen LogP contribution in [0.4, 0.5) is 11.4 Å². The van der Waals surface area contributed by atoms with Crippen molar-refractivity contribution in [3.63, 3.8) is 0 Å². The fourth-order valence-electron chi connectivity index (χ4n) is 2.22. The first-order valence-electron chi connectivity index (χ1n) is 7.78. The quantitative estimate of drug-likeness (QED) is 0.624. The molecule has 2 aromatic heterocycles. The van der Waals surface area contributed by atoms with Gasteiger partial charge in [-0.05, 0) is 35.9 Å². The van der Waals surface area contributed by atoms with Gasteiger partial charge in [0, 0.05) is 18.0 Å². The minimum Gasteiger partial charge on any atom is -0.319 e. The Balaban J connectivity index is 1.68. The summed E-state index contributed by atoms with van der Waals surface area (Å²) >= 11 is 0. The molecule has 0 aliphatic rings. The molecule has 0 aliphatic carbocycles. The van der Waals surface area contributed by atoms with Gasteiger partial charge in [0.1, 0.15) is 12.7 Å². The van der Waals surface area contributed by atoms with Gasteiger partial charge in [-0.1, -0.05) is 12.1 Å². The lowest BCUT2D eigenvalue weighted by Crippen LogP contribution is -2.12. The number of nitrogens with one attached hydrogen (secondary N) is 2. The average molecular weight is 384 g/mol. The lowest BCUT2D eigenvalue weighted by molar-refractivity contribution is -0.111. The van der Waals surface area contributed by atoms with E-state index in [0.717, 1.165) is 11.8 Å². The van der Waals surface area contributed by atoms with Crippen molar-refractivity contribution in [1.82, 2.24) is 19.7 Å². The van der Waals surface area contributed by atoms with Gasteiger partial charge in [0.25, 0.3) is 0 Å². The fraction of sp³-hybridized carbons (Fsp3) is 0.0588. The molecule has 3 rings (SSSR count). The average Bonchev–Trinajstić information content (AvgIpc) is 3.15. The minimum atomic E-state index is -3.32. The molecule has 27 heavy (non-hydrogen) atoms. The van der Waals surface area contributed by atoms with Crippen LogP contribution in [0.3, 0.4) is 0 Å². The molecule has 0 saturated carbocycles. The van der Waals surface area contributed by atoms with E-state index in [2.05, 4.69) is 25.1 Å². The lowest BCUT2D eigenvalue weighted by Gasteiger charge is -2.07. The number of amides is 1. The van der Waals surface area contributed by atoms with E-state index < -0.39 is 10.0 Å². The summed E-state index contributed by atoms with van der Waals surface area (Å²) < 4.78 is 26.2. The molecule has 1 amide bonds. The summed E-state index contributed by atoms with van der Waals surface area (Å²) in [4.78, 5) is 20.3. The van der Waals surface area contributed by atoms with E-state index in [1.165, 1.54) is 23.4 Å². The first-order valence-corrected chi connectivity index (χ1v) is 9.67. The van der Waals surface area contributed by atoms with Crippen molar-refractivity contribution in [2.24, 2.45) is 0 Å². The number of benzene rings is 1. The Morgan fingerprint density at radius 2 is 1.96 bits per heavy atom. The second kappa shape index (κ2) is 7.79. The van der Waals surface area contributed by atoms with Gasteiger partial charge < -0.3 is 5.32 Å². The topological polar surface area (TPSA) is 119 Å². The molecule has 138 valence electrons. The number of carbonyl (C=O) groups is 1. The first kappa shape index (κ1) is 18.3. The largest absolute Gasteiger partial charge is 0.319 e. The Kier molecular flexibility index (Phi) is 5.27. The zero-order chi connectivity index (χ0) is 19.3. The normalized spacial score (nSPS) is 11.4. The number of rotatable bonds is 6. The molecule has 2 N–H and O–H groups in total. The number of sulfonamides is 1. The molecule has 0 saturated heterocycles. The van der Waals surface area contributed by atoms with Crippen LogP contribution in [0.5, 0.6) is 0 Å². The second-order valence-electron chi connectivity index (χ2n) is 5.53.